The molecule has 33 heavy (non-hydrogen) atoms. The Morgan fingerprint density at radius 1 is 1.18 bits per heavy atom. The third-order valence-corrected chi connectivity index (χ3v) is 7.70. The Labute approximate surface area is 202 Å². The maximum Gasteiger partial charge on any atom is 0.258 e. The van der Waals surface area contributed by atoms with Crippen LogP contribution in [0.3, 0.4) is 0 Å². The van der Waals surface area contributed by atoms with Crippen molar-refractivity contribution in [3.8, 4) is 0 Å². The van der Waals surface area contributed by atoms with Crippen molar-refractivity contribution in [2.75, 3.05) is 22.5 Å². The van der Waals surface area contributed by atoms with E-state index >= 15 is 0 Å². The molecule has 8 heteroatoms. The van der Waals surface area contributed by atoms with E-state index in [0.29, 0.717) is 23.7 Å². The lowest BCUT2D eigenvalue weighted by Gasteiger charge is -2.17. The minimum atomic E-state index is -0.184. The summed E-state index contributed by atoms with van der Waals surface area (Å²) in [4.78, 5) is 28.4. The molecular weight excluding hydrogens is 452 g/mol. The highest BCUT2D eigenvalue weighted by molar-refractivity contribution is 7.99. The van der Waals surface area contributed by atoms with Crippen LogP contribution in [0.1, 0.15) is 58.6 Å². The lowest BCUT2D eigenvalue weighted by atomic mass is 10.1. The molecule has 2 aromatic carbocycles. The molecule has 0 spiro atoms. The molecule has 4 rings (SSSR count). The molecule has 1 aliphatic rings. The number of rotatable bonds is 8. The maximum atomic E-state index is 12.9. The molecule has 1 atom stereocenters. The van der Waals surface area contributed by atoms with E-state index in [1.807, 2.05) is 55.1 Å². The highest BCUT2D eigenvalue weighted by atomic mass is 32.2. The van der Waals surface area contributed by atoms with Crippen molar-refractivity contribution < 1.29 is 9.59 Å². The molecule has 2 amide bonds. The van der Waals surface area contributed by atoms with Gasteiger partial charge in [-0.2, -0.15) is 0 Å². The van der Waals surface area contributed by atoms with Crippen LogP contribution in [-0.2, 0) is 4.79 Å². The van der Waals surface area contributed by atoms with Gasteiger partial charge in [-0.05, 0) is 61.4 Å². The molecule has 0 saturated carbocycles. The van der Waals surface area contributed by atoms with Gasteiger partial charge >= 0.3 is 0 Å². The fraction of sp³-hybridized carbons (Fsp3) is 0.360. The van der Waals surface area contributed by atoms with Gasteiger partial charge < -0.3 is 4.90 Å². The molecule has 0 aliphatic carbocycles. The van der Waals surface area contributed by atoms with Gasteiger partial charge in [-0.3, -0.25) is 14.9 Å². The summed E-state index contributed by atoms with van der Waals surface area (Å²) in [7, 11) is 0. The molecule has 3 aromatic rings. The number of nitrogens with zero attached hydrogens (tertiary/aromatic N) is 3. The van der Waals surface area contributed by atoms with Crippen molar-refractivity contribution in [3.05, 3.63) is 64.2 Å². The van der Waals surface area contributed by atoms with Crippen molar-refractivity contribution in [2.45, 2.75) is 50.8 Å². The second kappa shape index (κ2) is 10.5. The quantitative estimate of drug-likeness (QED) is 0.325. The molecule has 1 saturated heterocycles. The second-order valence-electron chi connectivity index (χ2n) is 8.35. The first-order valence-corrected chi connectivity index (χ1v) is 13.0. The van der Waals surface area contributed by atoms with Crippen LogP contribution in [0.2, 0.25) is 0 Å². The number of aromatic nitrogens is 2. The smallest absolute Gasteiger partial charge is 0.258 e. The number of nitrogens with one attached hydrogen (secondary N) is 1. The Hall–Kier alpha value is -2.71. The van der Waals surface area contributed by atoms with Gasteiger partial charge in [-0.15, -0.1) is 22.0 Å². The van der Waals surface area contributed by atoms with Crippen molar-refractivity contribution in [2.24, 2.45) is 0 Å². The number of carbonyl (C=O) groups excluding carboxylic acids is 2. The fourth-order valence-corrected chi connectivity index (χ4v) is 5.92. The van der Waals surface area contributed by atoms with Crippen molar-refractivity contribution >= 4 is 45.7 Å². The van der Waals surface area contributed by atoms with Crippen LogP contribution in [0.15, 0.2) is 47.4 Å². The third-order valence-electron chi connectivity index (χ3n) is 5.54. The Morgan fingerprint density at radius 3 is 2.70 bits per heavy atom. The highest BCUT2D eigenvalue weighted by Gasteiger charge is 2.34. The van der Waals surface area contributed by atoms with Crippen LogP contribution in [-0.4, -0.2) is 34.3 Å². The van der Waals surface area contributed by atoms with Gasteiger partial charge in [-0.1, -0.05) is 42.9 Å². The number of aryl methyl sites for hydroxylation is 2. The van der Waals surface area contributed by atoms with E-state index in [9.17, 15) is 9.59 Å². The number of anilines is 2. The first kappa shape index (κ1) is 23.4. The SMILES string of the molecule is CCCCSc1ccccc1C(=O)Nc1nnc(C2CC(=O)N(c3cc(C)cc(C)c3)C2)s1. The van der Waals surface area contributed by atoms with E-state index < -0.39 is 0 Å². The zero-order valence-electron chi connectivity index (χ0n) is 19.1. The summed E-state index contributed by atoms with van der Waals surface area (Å²) in [5.41, 5.74) is 3.84. The minimum absolute atomic E-state index is 0.0293. The number of thioether (sulfide) groups is 1. The van der Waals surface area contributed by atoms with E-state index in [-0.39, 0.29) is 17.7 Å². The molecule has 0 radical (unpaired) electrons. The van der Waals surface area contributed by atoms with Gasteiger partial charge in [0, 0.05) is 29.5 Å². The van der Waals surface area contributed by atoms with Gasteiger partial charge in [0.2, 0.25) is 11.0 Å². The molecule has 172 valence electrons. The summed E-state index contributed by atoms with van der Waals surface area (Å²) >= 11 is 3.05. The monoisotopic (exact) mass is 480 g/mol. The van der Waals surface area contributed by atoms with E-state index in [4.69, 9.17) is 0 Å². The summed E-state index contributed by atoms with van der Waals surface area (Å²) in [6, 6.07) is 13.8. The topological polar surface area (TPSA) is 75.2 Å². The van der Waals surface area contributed by atoms with Gasteiger partial charge in [0.05, 0.1) is 5.56 Å². The minimum Gasteiger partial charge on any atom is -0.312 e. The van der Waals surface area contributed by atoms with E-state index in [1.165, 1.54) is 11.3 Å². The average molecular weight is 481 g/mol. The van der Waals surface area contributed by atoms with Gasteiger partial charge in [0.1, 0.15) is 5.01 Å². The van der Waals surface area contributed by atoms with Gasteiger partial charge in [-0.25, -0.2) is 0 Å². The Morgan fingerprint density at radius 2 is 1.94 bits per heavy atom. The molecule has 1 aromatic heterocycles. The largest absolute Gasteiger partial charge is 0.312 e. The normalized spacial score (nSPS) is 15.8. The summed E-state index contributed by atoms with van der Waals surface area (Å²) < 4.78 is 0. The van der Waals surface area contributed by atoms with Crippen LogP contribution in [0, 0.1) is 13.8 Å². The van der Waals surface area contributed by atoms with Crippen molar-refractivity contribution in [3.63, 3.8) is 0 Å². The zero-order valence-corrected chi connectivity index (χ0v) is 20.8. The molecule has 1 aliphatic heterocycles. The predicted octanol–water partition coefficient (Wildman–Crippen LogP) is 5.82. The maximum absolute atomic E-state index is 12.9. The summed E-state index contributed by atoms with van der Waals surface area (Å²) in [5.74, 6) is 0.856. The predicted molar refractivity (Wildman–Crippen MR) is 136 cm³/mol. The molecule has 1 unspecified atom stereocenters. The number of amides is 2. The van der Waals surface area contributed by atoms with Gasteiger partial charge in [0.25, 0.3) is 5.91 Å². The van der Waals surface area contributed by atoms with Crippen LogP contribution in [0.4, 0.5) is 10.8 Å². The standard InChI is InChI=1S/C25H28N4O2S2/c1-4-5-10-32-21-9-7-6-8-20(21)23(31)26-25-28-27-24(33-25)18-14-22(30)29(15-18)19-12-16(2)11-17(3)13-19/h6-9,11-13,18H,4-5,10,14-15H2,1-3H3,(H,26,28,31). The highest BCUT2D eigenvalue weighted by Crippen LogP contribution is 2.35. The Balaban J connectivity index is 1.44. The first-order valence-electron chi connectivity index (χ1n) is 11.2. The lowest BCUT2D eigenvalue weighted by Crippen LogP contribution is -2.24. The van der Waals surface area contributed by atoms with Crippen LogP contribution < -0.4 is 10.2 Å². The zero-order chi connectivity index (χ0) is 23.4. The van der Waals surface area contributed by atoms with Gasteiger partial charge in [0.15, 0.2) is 0 Å². The lowest BCUT2D eigenvalue weighted by molar-refractivity contribution is -0.117. The number of hydrogen-bond donors (Lipinski definition) is 1. The molecule has 1 N–H and O–H groups in total. The first-order chi connectivity index (χ1) is 15.9. The van der Waals surface area contributed by atoms with Crippen LogP contribution in [0.25, 0.3) is 0 Å². The van der Waals surface area contributed by atoms with Crippen LogP contribution in [0.5, 0.6) is 0 Å². The summed E-state index contributed by atoms with van der Waals surface area (Å²) in [6.07, 6.45) is 2.63. The Bertz CT molecular complexity index is 1140. The molecule has 1 fully saturated rings. The number of unbranched alkanes of at least 4 members (excludes halogenated alkanes) is 1. The average Bonchev–Trinajstić information content (AvgIpc) is 3.40. The number of hydrogen-bond acceptors (Lipinski definition) is 6. The van der Waals surface area contributed by atoms with E-state index in [2.05, 4.69) is 28.5 Å². The Kier molecular flexibility index (Phi) is 7.45. The van der Waals surface area contributed by atoms with Crippen LogP contribution >= 0.6 is 23.1 Å². The third kappa shape index (κ3) is 5.62. The molecule has 0 bridgehead atoms. The molecule has 6 nitrogen and oxygen atoms in total. The molecule has 2 heterocycles. The van der Waals surface area contributed by atoms with E-state index in [1.54, 1.807) is 11.8 Å². The summed E-state index contributed by atoms with van der Waals surface area (Å²) in [5, 5.41) is 12.6. The van der Waals surface area contributed by atoms with Crippen molar-refractivity contribution in [1.82, 2.24) is 10.2 Å². The molecular formula is C25H28N4O2S2. The fourth-order valence-electron chi connectivity index (χ4n) is 3.95. The number of benzene rings is 2. The van der Waals surface area contributed by atoms with Crippen molar-refractivity contribution in [1.29, 1.82) is 0 Å². The second-order valence-corrected chi connectivity index (χ2v) is 10.5. The number of carbonyl (C=O) groups is 2. The van der Waals surface area contributed by atoms with E-state index in [0.717, 1.165) is 45.3 Å². The summed E-state index contributed by atoms with van der Waals surface area (Å²) in [6.45, 7) is 6.80.